The van der Waals surface area contributed by atoms with Crippen LogP contribution in [0.25, 0.3) is 6.08 Å². The highest BCUT2D eigenvalue weighted by molar-refractivity contribution is 6.05. The molecule has 132 valence electrons. The highest BCUT2D eigenvalue weighted by atomic mass is 16.3. The third-order valence-electron chi connectivity index (χ3n) is 3.61. The predicted octanol–water partition coefficient (Wildman–Crippen LogP) is 3.52. The van der Waals surface area contributed by atoms with Crippen molar-refractivity contribution >= 4 is 17.9 Å². The van der Waals surface area contributed by atoms with Crippen LogP contribution in [0.15, 0.2) is 52.8 Å². The summed E-state index contributed by atoms with van der Waals surface area (Å²) in [5.41, 5.74) is 1.64. The van der Waals surface area contributed by atoms with Crippen LogP contribution in [0.1, 0.15) is 41.9 Å². The summed E-state index contributed by atoms with van der Waals surface area (Å²) in [6.07, 6.45) is 3.91. The van der Waals surface area contributed by atoms with Gasteiger partial charge in [-0.1, -0.05) is 31.5 Å². The van der Waals surface area contributed by atoms with Crippen LogP contribution in [0.3, 0.4) is 0 Å². The summed E-state index contributed by atoms with van der Waals surface area (Å²) >= 11 is 0. The van der Waals surface area contributed by atoms with E-state index in [2.05, 4.69) is 24.5 Å². The second-order valence-electron chi connectivity index (χ2n) is 6.34. The monoisotopic (exact) mass is 340 g/mol. The van der Waals surface area contributed by atoms with Crippen molar-refractivity contribution in [2.24, 2.45) is 5.92 Å². The molecule has 2 N–H and O–H groups in total. The van der Waals surface area contributed by atoms with E-state index in [-0.39, 0.29) is 17.5 Å². The number of benzene rings is 1. The smallest absolute Gasteiger partial charge is 0.267 e. The molecule has 0 atom stereocenters. The number of hydrogen-bond acceptors (Lipinski definition) is 3. The normalized spacial score (nSPS) is 11.4. The Bertz CT molecular complexity index is 746. The van der Waals surface area contributed by atoms with Gasteiger partial charge in [-0.15, -0.1) is 0 Å². The summed E-state index contributed by atoms with van der Waals surface area (Å²) in [5.74, 6) is 0.316. The largest absolute Gasteiger partial charge is 0.465 e. The van der Waals surface area contributed by atoms with Gasteiger partial charge in [-0.2, -0.15) is 0 Å². The van der Waals surface area contributed by atoms with Gasteiger partial charge in [0.25, 0.3) is 11.8 Å². The standard InChI is InChI=1S/C20H24N2O3/c1-14(2)9-10-21-20(24)18(13-17-8-5-11-25-17)22-19(23)16-7-4-6-15(3)12-16/h4-8,11-14H,9-10H2,1-3H3,(H,21,24)(H,22,23)/b18-13-. The van der Waals surface area contributed by atoms with Gasteiger partial charge in [0, 0.05) is 18.2 Å². The topological polar surface area (TPSA) is 71.3 Å². The first-order chi connectivity index (χ1) is 12.0. The quantitative estimate of drug-likeness (QED) is 0.758. The van der Waals surface area contributed by atoms with Gasteiger partial charge in [0.05, 0.1) is 6.26 Å². The summed E-state index contributed by atoms with van der Waals surface area (Å²) in [7, 11) is 0. The van der Waals surface area contributed by atoms with Gasteiger partial charge in [-0.25, -0.2) is 0 Å². The van der Waals surface area contributed by atoms with Crippen LogP contribution in [-0.4, -0.2) is 18.4 Å². The Kier molecular flexibility index (Phi) is 6.57. The van der Waals surface area contributed by atoms with E-state index in [0.717, 1.165) is 12.0 Å². The molecule has 2 aromatic rings. The SMILES string of the molecule is Cc1cccc(C(=O)N/C(=C\c2ccco2)C(=O)NCCC(C)C)c1. The summed E-state index contributed by atoms with van der Waals surface area (Å²) in [6, 6.07) is 10.7. The highest BCUT2D eigenvalue weighted by Crippen LogP contribution is 2.09. The molecule has 0 aliphatic carbocycles. The third-order valence-corrected chi connectivity index (χ3v) is 3.61. The maximum Gasteiger partial charge on any atom is 0.267 e. The highest BCUT2D eigenvalue weighted by Gasteiger charge is 2.15. The van der Waals surface area contributed by atoms with Crippen LogP contribution in [-0.2, 0) is 4.79 Å². The Morgan fingerprint density at radius 3 is 2.64 bits per heavy atom. The molecule has 5 nitrogen and oxygen atoms in total. The van der Waals surface area contributed by atoms with E-state index in [1.54, 1.807) is 24.3 Å². The second kappa shape index (κ2) is 8.87. The molecular weight excluding hydrogens is 316 g/mol. The number of aryl methyl sites for hydroxylation is 1. The van der Waals surface area contributed by atoms with Gasteiger partial charge in [0.2, 0.25) is 0 Å². The number of rotatable bonds is 7. The fraction of sp³-hybridized carbons (Fsp3) is 0.300. The van der Waals surface area contributed by atoms with Gasteiger partial charge in [0.1, 0.15) is 11.5 Å². The number of nitrogens with one attached hydrogen (secondary N) is 2. The van der Waals surface area contributed by atoms with Crippen molar-refractivity contribution in [2.75, 3.05) is 6.54 Å². The van der Waals surface area contributed by atoms with Crippen LogP contribution in [0.5, 0.6) is 0 Å². The lowest BCUT2D eigenvalue weighted by Gasteiger charge is -2.12. The Morgan fingerprint density at radius 1 is 1.20 bits per heavy atom. The molecule has 0 unspecified atom stereocenters. The number of hydrogen-bond donors (Lipinski definition) is 2. The predicted molar refractivity (Wildman–Crippen MR) is 97.8 cm³/mol. The molecule has 0 aliphatic heterocycles. The average molecular weight is 340 g/mol. The van der Waals surface area contributed by atoms with Crippen molar-refractivity contribution in [3.63, 3.8) is 0 Å². The Balaban J connectivity index is 2.14. The van der Waals surface area contributed by atoms with E-state index in [1.165, 1.54) is 12.3 Å². The first kappa shape index (κ1) is 18.5. The lowest BCUT2D eigenvalue weighted by molar-refractivity contribution is -0.117. The minimum absolute atomic E-state index is 0.158. The minimum Gasteiger partial charge on any atom is -0.465 e. The van der Waals surface area contributed by atoms with E-state index in [4.69, 9.17) is 4.42 Å². The number of carbonyl (C=O) groups excluding carboxylic acids is 2. The lowest BCUT2D eigenvalue weighted by atomic mass is 10.1. The van der Waals surface area contributed by atoms with Crippen molar-refractivity contribution < 1.29 is 14.0 Å². The summed E-state index contributed by atoms with van der Waals surface area (Å²) in [6.45, 7) is 6.64. The minimum atomic E-state index is -0.335. The van der Waals surface area contributed by atoms with E-state index < -0.39 is 0 Å². The molecule has 2 rings (SSSR count). The molecule has 0 fully saturated rings. The number of furan rings is 1. The van der Waals surface area contributed by atoms with E-state index >= 15 is 0 Å². The molecule has 25 heavy (non-hydrogen) atoms. The molecular formula is C20H24N2O3. The van der Waals surface area contributed by atoms with Gasteiger partial charge in [0.15, 0.2) is 0 Å². The molecule has 2 amide bonds. The zero-order chi connectivity index (χ0) is 18.2. The molecule has 0 saturated heterocycles. The Hall–Kier alpha value is -2.82. The zero-order valence-corrected chi connectivity index (χ0v) is 14.8. The first-order valence-electron chi connectivity index (χ1n) is 8.37. The van der Waals surface area contributed by atoms with Crippen LogP contribution < -0.4 is 10.6 Å². The molecule has 0 radical (unpaired) electrons. The maximum absolute atomic E-state index is 12.5. The molecule has 0 saturated carbocycles. The lowest BCUT2D eigenvalue weighted by Crippen LogP contribution is -2.35. The van der Waals surface area contributed by atoms with Gasteiger partial charge >= 0.3 is 0 Å². The van der Waals surface area contributed by atoms with Crippen molar-refractivity contribution in [1.29, 1.82) is 0 Å². The number of carbonyl (C=O) groups is 2. The first-order valence-corrected chi connectivity index (χ1v) is 8.37. The van der Waals surface area contributed by atoms with Crippen molar-refractivity contribution in [3.05, 3.63) is 65.2 Å². The van der Waals surface area contributed by atoms with E-state index in [9.17, 15) is 9.59 Å². The summed E-state index contributed by atoms with van der Waals surface area (Å²) < 4.78 is 5.26. The Labute approximate surface area is 148 Å². The molecule has 0 aliphatic rings. The molecule has 5 heteroatoms. The second-order valence-corrected chi connectivity index (χ2v) is 6.34. The number of amides is 2. The summed E-state index contributed by atoms with van der Waals surface area (Å²) in [4.78, 5) is 24.9. The fourth-order valence-electron chi connectivity index (χ4n) is 2.22. The van der Waals surface area contributed by atoms with Gasteiger partial charge < -0.3 is 15.1 Å². The van der Waals surface area contributed by atoms with Crippen molar-refractivity contribution in [1.82, 2.24) is 10.6 Å². The van der Waals surface area contributed by atoms with Crippen molar-refractivity contribution in [2.45, 2.75) is 27.2 Å². The van der Waals surface area contributed by atoms with Gasteiger partial charge in [-0.05, 0) is 43.5 Å². The van der Waals surface area contributed by atoms with E-state index in [1.807, 2.05) is 19.1 Å². The average Bonchev–Trinajstić information content (AvgIpc) is 3.06. The van der Waals surface area contributed by atoms with E-state index in [0.29, 0.717) is 23.8 Å². The fourth-order valence-corrected chi connectivity index (χ4v) is 2.22. The van der Waals surface area contributed by atoms with Crippen LogP contribution in [0.2, 0.25) is 0 Å². The summed E-state index contributed by atoms with van der Waals surface area (Å²) in [5, 5.41) is 5.52. The zero-order valence-electron chi connectivity index (χ0n) is 14.8. The van der Waals surface area contributed by atoms with Crippen LogP contribution >= 0.6 is 0 Å². The molecule has 0 bridgehead atoms. The third kappa shape index (κ3) is 5.95. The Morgan fingerprint density at radius 2 is 2.00 bits per heavy atom. The molecule has 1 aromatic carbocycles. The van der Waals surface area contributed by atoms with Crippen LogP contribution in [0, 0.1) is 12.8 Å². The molecule has 1 heterocycles. The molecule has 0 spiro atoms. The van der Waals surface area contributed by atoms with Crippen molar-refractivity contribution in [3.8, 4) is 0 Å². The molecule has 1 aromatic heterocycles. The van der Waals surface area contributed by atoms with Gasteiger partial charge in [-0.3, -0.25) is 9.59 Å². The van der Waals surface area contributed by atoms with Crippen LogP contribution in [0.4, 0.5) is 0 Å². The maximum atomic E-state index is 12.5.